The summed E-state index contributed by atoms with van der Waals surface area (Å²) in [6.45, 7) is 14.9. The fraction of sp³-hybridized carbons (Fsp3) is 0.320. The van der Waals surface area contributed by atoms with Crippen LogP contribution in [0.1, 0.15) is 83.1 Å². The number of fused-ring (bicyclic) bond motifs is 4. The number of phenolic OH excluding ortho intramolecular Hbond substituents is 12. The van der Waals surface area contributed by atoms with Gasteiger partial charge in [0.25, 0.3) is 0 Å². The van der Waals surface area contributed by atoms with Gasteiger partial charge in [-0.2, -0.15) is 0 Å². The molecular formula is C100H96O48. The van der Waals surface area contributed by atoms with Gasteiger partial charge in [0.15, 0.2) is 71.9 Å². The Morgan fingerprint density at radius 1 is 0.230 bits per heavy atom. The molecule has 4 saturated heterocycles. The Morgan fingerprint density at radius 2 is 0.439 bits per heavy atom. The van der Waals surface area contributed by atoms with Crippen molar-refractivity contribution in [1.82, 2.24) is 0 Å². The summed E-state index contributed by atoms with van der Waals surface area (Å²) in [4.78, 5) is 148. The van der Waals surface area contributed by atoms with E-state index in [1.54, 1.807) is 0 Å². The standard InChI is InChI=1S/C27H26O13.2C25H24O12.C23H22O11/c1-11-22(36-12(2)28)25(37-13(3)29)26(38-14(4)30)27(35-11)40-24-21(34)20-18(33)9-17(32)10-19(20)39-23(24)15-5-7-16(31)8-6-15;1-10-21(34-11(2)26)24(35-12(3)27)20(32)25(33-10)37-23-19(31)18-16(30)8-15(29)9-17(18)36-22(23)13-4-6-14(28)7-5-13;1-10-21(34-11(2)26)20(32)24(35-12(3)27)25(33-10)37-23-19(31)18-16(30)8-15(29)9-17(18)36-22(23)13-4-6-14(28)7-5-13;1-9-20(32-10(2)24)18(29)19(30)23(31-9)34-22-17(28)16-14(27)7-13(26)8-15(16)33-21(22)11-3-5-12(25)6-4-11/h5-11,22,25-27,31-33H,1-4H3;2*4-10,20-21,24-25,28-30,32H,1-3H3;3-9,18-20,23,25-27,29-30H,1-2H3/t11-,22-,25+,26+,27-;10-,20+,21-,24-,25-;10-,20+,21-,24+,25-;9-,18-,19+,20-,23-/m0000/s1. The summed E-state index contributed by atoms with van der Waals surface area (Å²) >= 11 is 0. The summed E-state index contributed by atoms with van der Waals surface area (Å²) in [5, 5.41) is 161. The van der Waals surface area contributed by atoms with Crippen molar-refractivity contribution in [3.05, 3.63) is 186 Å². The number of benzene rings is 8. The molecule has 4 aromatic heterocycles. The fourth-order valence-corrected chi connectivity index (χ4v) is 16.2. The lowest BCUT2D eigenvalue weighted by Gasteiger charge is -2.43. The lowest BCUT2D eigenvalue weighted by Crippen LogP contribution is -2.62. The summed E-state index contributed by atoms with van der Waals surface area (Å²) < 4.78 is 111. The number of hydrogen-bond donors (Lipinski definition) is 16. The maximum absolute atomic E-state index is 13.7. The molecule has 0 bridgehead atoms. The van der Waals surface area contributed by atoms with E-state index >= 15 is 0 Å². The molecule has 16 N–H and O–H groups in total. The molecule has 148 heavy (non-hydrogen) atoms. The van der Waals surface area contributed by atoms with Crippen molar-refractivity contribution in [3.63, 3.8) is 0 Å². The van der Waals surface area contributed by atoms with Crippen LogP contribution in [0.3, 0.4) is 0 Å². The maximum atomic E-state index is 13.7. The Labute approximate surface area is 831 Å². The van der Waals surface area contributed by atoms with E-state index in [0.29, 0.717) is 0 Å². The molecule has 48 heteroatoms. The molecule has 4 fully saturated rings. The van der Waals surface area contributed by atoms with Gasteiger partial charge in [-0.25, -0.2) is 0 Å². The molecule has 0 saturated carbocycles. The summed E-state index contributed by atoms with van der Waals surface area (Å²) in [5.41, 5.74) is -3.05. The topological polar surface area (TPSA) is 729 Å². The number of carbonyl (C=O) groups is 8. The number of hydrogen-bond acceptors (Lipinski definition) is 48. The minimum atomic E-state index is -1.73. The molecular weight excluding hydrogens is 1970 g/mol. The van der Waals surface area contributed by atoms with Crippen LogP contribution in [0.15, 0.2) is 182 Å². The number of phenols is 12. The molecule has 0 radical (unpaired) electrons. The highest BCUT2D eigenvalue weighted by atomic mass is 16.8. The van der Waals surface area contributed by atoms with E-state index in [2.05, 4.69) is 0 Å². The number of ether oxygens (including phenoxy) is 16. The average molecular weight is 2070 g/mol. The van der Waals surface area contributed by atoms with Crippen LogP contribution in [0.4, 0.5) is 0 Å². The van der Waals surface area contributed by atoms with Crippen molar-refractivity contribution < 1.29 is 214 Å². The van der Waals surface area contributed by atoms with Crippen LogP contribution in [-0.2, 0) is 95.2 Å². The fourth-order valence-electron chi connectivity index (χ4n) is 16.2. The Hall–Kier alpha value is -17.2. The average Bonchev–Trinajstić information content (AvgIpc) is 0.759. The number of esters is 8. The van der Waals surface area contributed by atoms with E-state index in [-0.39, 0.29) is 135 Å². The summed E-state index contributed by atoms with van der Waals surface area (Å²) in [6, 6.07) is 30.3. The number of carbonyl (C=O) groups excluding carboxylic acids is 8. The first-order valence-electron chi connectivity index (χ1n) is 44.5. The Balaban J connectivity index is 0.000000165. The van der Waals surface area contributed by atoms with E-state index in [1.807, 2.05) is 0 Å². The van der Waals surface area contributed by atoms with Crippen molar-refractivity contribution in [1.29, 1.82) is 0 Å². The third-order valence-electron chi connectivity index (χ3n) is 22.5. The molecule has 4 aliphatic heterocycles. The minimum Gasteiger partial charge on any atom is -0.508 e. The van der Waals surface area contributed by atoms with Crippen molar-refractivity contribution in [2.24, 2.45) is 0 Å². The summed E-state index contributed by atoms with van der Waals surface area (Å²) in [7, 11) is 0. The van der Waals surface area contributed by atoms with E-state index in [4.69, 9.17) is 93.5 Å². The molecule has 0 spiro atoms. The van der Waals surface area contributed by atoms with E-state index < -0.39 is 238 Å². The lowest BCUT2D eigenvalue weighted by atomic mass is 9.98. The van der Waals surface area contributed by atoms with Gasteiger partial charge >= 0.3 is 47.8 Å². The zero-order chi connectivity index (χ0) is 108. The smallest absolute Gasteiger partial charge is 0.303 e. The van der Waals surface area contributed by atoms with Crippen LogP contribution >= 0.6 is 0 Å². The Kier molecular flexibility index (Phi) is 32.9. The van der Waals surface area contributed by atoms with Crippen molar-refractivity contribution in [2.45, 2.75) is 206 Å². The van der Waals surface area contributed by atoms with Gasteiger partial charge in [-0.15, -0.1) is 0 Å². The third-order valence-corrected chi connectivity index (χ3v) is 22.5. The molecule has 48 nitrogen and oxygen atoms in total. The van der Waals surface area contributed by atoms with E-state index in [0.717, 1.165) is 104 Å². The highest BCUT2D eigenvalue weighted by Gasteiger charge is 2.55. The zero-order valence-electron chi connectivity index (χ0n) is 79.6. The second kappa shape index (κ2) is 45.0. The van der Waals surface area contributed by atoms with Crippen LogP contribution in [0.5, 0.6) is 92.0 Å². The first kappa shape index (κ1) is 108. The van der Waals surface area contributed by atoms with Crippen molar-refractivity contribution >= 4 is 91.6 Å². The summed E-state index contributed by atoms with van der Waals surface area (Å²) in [6.07, 6.45) is -27.4. The van der Waals surface area contributed by atoms with Gasteiger partial charge in [0.2, 0.25) is 76.0 Å². The predicted octanol–water partition coefficient (Wildman–Crippen LogP) is 7.70. The lowest BCUT2D eigenvalue weighted by molar-refractivity contribution is -0.280. The molecule has 0 unspecified atom stereocenters. The first-order valence-corrected chi connectivity index (χ1v) is 44.5. The highest BCUT2D eigenvalue weighted by Crippen LogP contribution is 2.46. The van der Waals surface area contributed by atoms with Crippen LogP contribution in [0, 0.1) is 0 Å². The van der Waals surface area contributed by atoms with Gasteiger partial charge in [0, 0.05) is 126 Å². The van der Waals surface area contributed by atoms with Crippen LogP contribution in [-0.4, -0.2) is 252 Å². The van der Waals surface area contributed by atoms with Crippen LogP contribution < -0.4 is 40.7 Å². The highest BCUT2D eigenvalue weighted by molar-refractivity contribution is 5.92. The molecule has 20 atom stereocenters. The SMILES string of the molecule is CC(=O)O[C@@H]1[C@@H](O)[C@@H](O)[C@H](Oc2c(-c3ccc(O)cc3)oc3cc(O)cc(O)c3c2=O)O[C@H]1C.CC(=O)O[C@@H]1[C@@H](O)[C@@H](OC(C)=O)[C@H](Oc2c(-c3ccc(O)cc3)oc3cc(O)cc(O)c3c2=O)O[C@H]1C.CC(=O)O[C@@H]1[C@@H](OC(C)=O)[C@@H](O)[C@H](Oc2c(-c3ccc(O)cc3)oc3cc(O)cc(O)c3c2=O)O[C@H]1C.CC(=O)O[C@@H]1[C@@H](OC(C)=O)[C@H](C)O[C@@H](Oc2c(-c3ccc(O)cc3)oc3cc(O)cc(O)c3c2=O)[C@@H]1OC(C)=O. The number of aliphatic hydroxyl groups excluding tert-OH is 4. The second-order valence-corrected chi connectivity index (χ2v) is 33.8. The first-order chi connectivity index (χ1) is 69.8. The maximum Gasteiger partial charge on any atom is 0.303 e. The number of rotatable bonds is 20. The Morgan fingerprint density at radius 3 is 0.723 bits per heavy atom. The van der Waals surface area contributed by atoms with Gasteiger partial charge in [-0.05, 0) is 125 Å². The summed E-state index contributed by atoms with van der Waals surface area (Å²) in [5.74, 6) is -12.7. The molecule has 16 rings (SSSR count). The molecule has 0 aliphatic carbocycles. The molecule has 0 amide bonds. The normalized spacial score (nSPS) is 23.4. The molecule has 8 heterocycles. The Bertz CT molecular complexity index is 7290. The molecule has 4 aliphatic rings. The molecule has 784 valence electrons. The second-order valence-electron chi connectivity index (χ2n) is 33.8. The van der Waals surface area contributed by atoms with Gasteiger partial charge in [-0.3, -0.25) is 57.5 Å². The van der Waals surface area contributed by atoms with Gasteiger partial charge in [0.1, 0.15) is 131 Å². The van der Waals surface area contributed by atoms with Crippen LogP contribution in [0.2, 0.25) is 0 Å². The number of aliphatic hydroxyl groups is 4. The zero-order valence-corrected chi connectivity index (χ0v) is 79.6. The molecule has 12 aromatic rings. The predicted molar refractivity (Wildman–Crippen MR) is 500 cm³/mol. The van der Waals surface area contributed by atoms with Crippen LogP contribution in [0.25, 0.3) is 89.2 Å². The van der Waals surface area contributed by atoms with E-state index in [9.17, 15) is 139 Å². The van der Waals surface area contributed by atoms with Gasteiger partial charge in [0.05, 0.1) is 24.4 Å². The van der Waals surface area contributed by atoms with Gasteiger partial charge < -0.3 is 175 Å². The van der Waals surface area contributed by atoms with Crippen molar-refractivity contribution in [3.8, 4) is 137 Å². The largest absolute Gasteiger partial charge is 0.508 e. The van der Waals surface area contributed by atoms with E-state index in [1.165, 1.54) is 125 Å². The molecule has 8 aromatic carbocycles. The third kappa shape index (κ3) is 24.2. The quantitative estimate of drug-likeness (QED) is 0.0256. The van der Waals surface area contributed by atoms with Gasteiger partial charge in [-0.1, -0.05) is 0 Å². The number of aromatic hydroxyl groups is 12. The monoisotopic (exact) mass is 2060 g/mol. The van der Waals surface area contributed by atoms with Crippen molar-refractivity contribution in [2.75, 3.05) is 0 Å². The minimum absolute atomic E-state index is 0.0517.